The molecule has 0 bridgehead atoms. The summed E-state index contributed by atoms with van der Waals surface area (Å²) in [4.78, 5) is 26.9. The van der Waals surface area contributed by atoms with E-state index in [4.69, 9.17) is 18.9 Å². The smallest absolute Gasteiger partial charge is 0.229 e. The van der Waals surface area contributed by atoms with Crippen molar-refractivity contribution in [3.05, 3.63) is 36.4 Å². The molecule has 0 unspecified atom stereocenters. The molecule has 1 saturated heterocycles. The lowest BCUT2D eigenvalue weighted by Crippen LogP contribution is -2.28. The van der Waals surface area contributed by atoms with Crippen LogP contribution in [0.2, 0.25) is 0 Å². The molecule has 0 aliphatic carbocycles. The number of nitrogens with zero attached hydrogens (tertiary/aromatic N) is 1. The van der Waals surface area contributed by atoms with E-state index in [1.165, 1.54) is 21.3 Å². The summed E-state index contributed by atoms with van der Waals surface area (Å²) in [6.07, 6.45) is 0.142. The van der Waals surface area contributed by atoms with Crippen LogP contribution < -0.4 is 29.2 Å². The van der Waals surface area contributed by atoms with Crippen molar-refractivity contribution < 1.29 is 28.5 Å². The highest BCUT2D eigenvalue weighted by atomic mass is 16.5. The Morgan fingerprint density at radius 1 is 1.07 bits per heavy atom. The van der Waals surface area contributed by atoms with Crippen molar-refractivity contribution in [1.29, 1.82) is 0 Å². The molecule has 160 valence electrons. The first-order chi connectivity index (χ1) is 14.5. The van der Waals surface area contributed by atoms with Crippen molar-refractivity contribution in [2.75, 3.05) is 44.7 Å². The number of amides is 2. The number of hydrogen-bond donors (Lipinski definition) is 1. The van der Waals surface area contributed by atoms with Gasteiger partial charge >= 0.3 is 0 Å². The monoisotopic (exact) mass is 414 g/mol. The van der Waals surface area contributed by atoms with E-state index >= 15 is 0 Å². The topological polar surface area (TPSA) is 86.3 Å². The highest BCUT2D eigenvalue weighted by molar-refractivity contribution is 6.03. The third kappa shape index (κ3) is 4.42. The molecule has 1 aliphatic rings. The highest BCUT2D eigenvalue weighted by Gasteiger charge is 2.35. The zero-order valence-corrected chi connectivity index (χ0v) is 17.6. The molecule has 2 amide bonds. The zero-order valence-electron chi connectivity index (χ0n) is 17.6. The van der Waals surface area contributed by atoms with Crippen molar-refractivity contribution in [2.24, 2.45) is 5.92 Å². The Bertz CT molecular complexity index is 887. The van der Waals surface area contributed by atoms with Crippen LogP contribution in [-0.4, -0.2) is 46.3 Å². The molecule has 2 aromatic carbocycles. The lowest BCUT2D eigenvalue weighted by Gasteiger charge is -2.18. The molecule has 8 heteroatoms. The van der Waals surface area contributed by atoms with Gasteiger partial charge in [-0.25, -0.2) is 0 Å². The number of ether oxygens (including phenoxy) is 4. The van der Waals surface area contributed by atoms with Crippen LogP contribution in [0.3, 0.4) is 0 Å². The maximum Gasteiger partial charge on any atom is 0.229 e. The SMILES string of the molecule is CCOc1ccc(N2C[C@H](C(=O)Nc3cc(OC)c(OC)c(OC)c3)CC2=O)cc1. The van der Waals surface area contributed by atoms with Crippen LogP contribution in [-0.2, 0) is 9.59 Å². The van der Waals surface area contributed by atoms with Gasteiger partial charge in [-0.3, -0.25) is 9.59 Å². The summed E-state index contributed by atoms with van der Waals surface area (Å²) in [5.41, 5.74) is 1.24. The van der Waals surface area contributed by atoms with E-state index < -0.39 is 5.92 Å². The number of rotatable bonds is 8. The van der Waals surface area contributed by atoms with Crippen molar-refractivity contribution in [3.63, 3.8) is 0 Å². The number of carbonyl (C=O) groups is 2. The molecule has 30 heavy (non-hydrogen) atoms. The summed E-state index contributed by atoms with van der Waals surface area (Å²) < 4.78 is 21.4. The summed E-state index contributed by atoms with van der Waals surface area (Å²) in [6, 6.07) is 10.6. The van der Waals surface area contributed by atoms with Crippen LogP contribution in [0.5, 0.6) is 23.0 Å². The first-order valence-corrected chi connectivity index (χ1v) is 9.64. The number of benzene rings is 2. The second kappa shape index (κ2) is 9.39. The second-order valence-electron chi connectivity index (χ2n) is 6.74. The minimum atomic E-state index is -0.469. The van der Waals surface area contributed by atoms with E-state index in [9.17, 15) is 9.59 Å². The van der Waals surface area contributed by atoms with Gasteiger partial charge in [-0.15, -0.1) is 0 Å². The van der Waals surface area contributed by atoms with Gasteiger partial charge in [0.05, 0.1) is 33.9 Å². The number of methoxy groups -OCH3 is 3. The van der Waals surface area contributed by atoms with Gasteiger partial charge in [-0.2, -0.15) is 0 Å². The Labute approximate surface area is 175 Å². The minimum Gasteiger partial charge on any atom is -0.494 e. The molecule has 1 aliphatic heterocycles. The molecule has 3 rings (SSSR count). The molecule has 1 atom stereocenters. The van der Waals surface area contributed by atoms with E-state index in [0.29, 0.717) is 36.1 Å². The molecule has 1 heterocycles. The largest absolute Gasteiger partial charge is 0.494 e. The number of carbonyl (C=O) groups excluding carboxylic acids is 2. The third-order valence-corrected chi connectivity index (χ3v) is 4.89. The molecule has 0 radical (unpaired) electrons. The quantitative estimate of drug-likeness (QED) is 0.714. The van der Waals surface area contributed by atoms with Crippen molar-refractivity contribution >= 4 is 23.2 Å². The summed E-state index contributed by atoms with van der Waals surface area (Å²) >= 11 is 0. The zero-order chi connectivity index (χ0) is 21.7. The standard InChI is InChI=1S/C22H26N2O6/c1-5-30-17-8-6-16(7-9-17)24-13-14(10-20(24)25)22(26)23-15-11-18(27-2)21(29-4)19(12-15)28-3/h6-9,11-12,14H,5,10,13H2,1-4H3,(H,23,26)/t14-/m1/s1. The lowest BCUT2D eigenvalue weighted by atomic mass is 10.1. The molecular weight excluding hydrogens is 388 g/mol. The van der Waals surface area contributed by atoms with Gasteiger partial charge in [-0.05, 0) is 31.2 Å². The molecule has 0 saturated carbocycles. The molecule has 0 aromatic heterocycles. The summed E-state index contributed by atoms with van der Waals surface area (Å²) in [7, 11) is 4.53. The van der Waals surface area contributed by atoms with Crippen LogP contribution in [0.25, 0.3) is 0 Å². The first kappa shape index (κ1) is 21.3. The Balaban J connectivity index is 1.71. The van der Waals surface area contributed by atoms with Gasteiger partial charge < -0.3 is 29.2 Å². The summed E-state index contributed by atoms with van der Waals surface area (Å²) in [5, 5.41) is 2.85. The van der Waals surface area contributed by atoms with Gasteiger partial charge in [0.1, 0.15) is 5.75 Å². The second-order valence-corrected chi connectivity index (χ2v) is 6.74. The predicted molar refractivity (Wildman–Crippen MR) is 113 cm³/mol. The average molecular weight is 414 g/mol. The van der Waals surface area contributed by atoms with E-state index in [-0.39, 0.29) is 18.2 Å². The van der Waals surface area contributed by atoms with Crippen LogP contribution in [0.4, 0.5) is 11.4 Å². The van der Waals surface area contributed by atoms with E-state index in [1.54, 1.807) is 17.0 Å². The Kier molecular flexibility index (Phi) is 6.66. The fraction of sp³-hybridized carbons (Fsp3) is 0.364. The van der Waals surface area contributed by atoms with Gasteiger partial charge in [0.15, 0.2) is 11.5 Å². The van der Waals surface area contributed by atoms with Crippen LogP contribution >= 0.6 is 0 Å². The van der Waals surface area contributed by atoms with Crippen molar-refractivity contribution in [3.8, 4) is 23.0 Å². The Morgan fingerprint density at radius 2 is 1.70 bits per heavy atom. The number of hydrogen-bond acceptors (Lipinski definition) is 6. The average Bonchev–Trinajstić information content (AvgIpc) is 3.15. The summed E-state index contributed by atoms with van der Waals surface area (Å²) in [6.45, 7) is 2.79. The van der Waals surface area contributed by atoms with E-state index in [0.717, 1.165) is 11.4 Å². The van der Waals surface area contributed by atoms with Crippen LogP contribution in [0, 0.1) is 5.92 Å². The lowest BCUT2D eigenvalue weighted by molar-refractivity contribution is -0.122. The fourth-order valence-corrected chi connectivity index (χ4v) is 3.42. The number of nitrogens with one attached hydrogen (secondary N) is 1. The molecular formula is C22H26N2O6. The Morgan fingerprint density at radius 3 is 2.23 bits per heavy atom. The van der Waals surface area contributed by atoms with Crippen molar-refractivity contribution in [2.45, 2.75) is 13.3 Å². The molecule has 2 aromatic rings. The van der Waals surface area contributed by atoms with Gasteiger partial charge in [-0.1, -0.05) is 0 Å². The summed E-state index contributed by atoms with van der Waals surface area (Å²) in [5.74, 6) is 1.25. The van der Waals surface area contributed by atoms with Gasteiger partial charge in [0.25, 0.3) is 0 Å². The van der Waals surface area contributed by atoms with Crippen molar-refractivity contribution in [1.82, 2.24) is 0 Å². The normalized spacial score (nSPS) is 15.7. The maximum absolute atomic E-state index is 12.8. The van der Waals surface area contributed by atoms with E-state index in [1.807, 2.05) is 31.2 Å². The fourth-order valence-electron chi connectivity index (χ4n) is 3.42. The van der Waals surface area contributed by atoms with Crippen LogP contribution in [0.1, 0.15) is 13.3 Å². The van der Waals surface area contributed by atoms with E-state index in [2.05, 4.69) is 5.32 Å². The van der Waals surface area contributed by atoms with Gasteiger partial charge in [0, 0.05) is 36.5 Å². The minimum absolute atomic E-state index is 0.0933. The molecule has 1 N–H and O–H groups in total. The molecule has 1 fully saturated rings. The number of anilines is 2. The van der Waals surface area contributed by atoms with Gasteiger partial charge in [0.2, 0.25) is 17.6 Å². The molecule has 8 nitrogen and oxygen atoms in total. The van der Waals surface area contributed by atoms with Crippen LogP contribution in [0.15, 0.2) is 36.4 Å². The highest BCUT2D eigenvalue weighted by Crippen LogP contribution is 2.40. The predicted octanol–water partition coefficient (Wildman–Crippen LogP) is 3.10. The maximum atomic E-state index is 12.8. The molecule has 0 spiro atoms. The Hall–Kier alpha value is -3.42. The third-order valence-electron chi connectivity index (χ3n) is 4.89. The first-order valence-electron chi connectivity index (χ1n) is 9.64.